The summed E-state index contributed by atoms with van der Waals surface area (Å²) in [5.74, 6) is 0.706. The zero-order chi connectivity index (χ0) is 26.3. The topological polar surface area (TPSA) is 99.1 Å². The Morgan fingerprint density at radius 2 is 1.78 bits per heavy atom. The van der Waals surface area contributed by atoms with Crippen LogP contribution in [0.25, 0.3) is 21.8 Å². The number of benzene rings is 2. The molecule has 0 radical (unpaired) electrons. The van der Waals surface area contributed by atoms with Gasteiger partial charge in [-0.15, -0.1) is 0 Å². The standard InChI is InChI=1S/C27H31ClN4O4/c1-26(2,3)15-35-22-12-21-20(11-18(22)28)29-23(30-21)13-19-16-9-7-8-10-17(16)25(34)32(31-19)14-24(33)36-27(4,5)6/h7-12H,13-15H2,1-6H3,(H,29,30). The minimum atomic E-state index is -0.661. The maximum Gasteiger partial charge on any atom is 0.328 e. The van der Waals surface area contributed by atoms with E-state index < -0.39 is 11.6 Å². The van der Waals surface area contributed by atoms with E-state index >= 15 is 0 Å². The quantitative estimate of drug-likeness (QED) is 0.354. The first-order valence-electron chi connectivity index (χ1n) is 11.8. The highest BCUT2D eigenvalue weighted by molar-refractivity contribution is 6.32. The second-order valence-corrected chi connectivity index (χ2v) is 11.5. The number of aromatic amines is 1. The molecule has 9 heteroatoms. The molecule has 4 rings (SSSR count). The van der Waals surface area contributed by atoms with Gasteiger partial charge >= 0.3 is 5.97 Å². The van der Waals surface area contributed by atoms with Crippen molar-refractivity contribution in [3.8, 4) is 5.75 Å². The highest BCUT2D eigenvalue weighted by Crippen LogP contribution is 2.31. The van der Waals surface area contributed by atoms with Gasteiger partial charge in [-0.2, -0.15) is 5.10 Å². The SMILES string of the molecule is CC(C)(C)COc1cc2[nH]c(Cc3nn(CC(=O)OC(C)(C)C)c(=O)c4ccccc34)nc2cc1Cl. The number of nitrogens with zero attached hydrogens (tertiary/aromatic N) is 3. The van der Waals surface area contributed by atoms with Crippen LogP contribution < -0.4 is 10.3 Å². The van der Waals surface area contributed by atoms with Gasteiger partial charge in [-0.25, -0.2) is 9.67 Å². The molecule has 0 atom stereocenters. The molecular weight excluding hydrogens is 480 g/mol. The van der Waals surface area contributed by atoms with Crippen molar-refractivity contribution in [1.82, 2.24) is 19.7 Å². The number of carbonyl (C=O) groups is 1. The molecule has 4 aromatic rings. The van der Waals surface area contributed by atoms with Crippen LogP contribution in [0.4, 0.5) is 0 Å². The molecule has 36 heavy (non-hydrogen) atoms. The van der Waals surface area contributed by atoms with E-state index in [-0.39, 0.29) is 17.5 Å². The Labute approximate surface area is 214 Å². The minimum Gasteiger partial charge on any atom is -0.491 e. The van der Waals surface area contributed by atoms with E-state index in [1.807, 2.05) is 18.2 Å². The number of hydrogen-bond acceptors (Lipinski definition) is 6. The van der Waals surface area contributed by atoms with E-state index in [9.17, 15) is 9.59 Å². The van der Waals surface area contributed by atoms with Gasteiger partial charge in [0.1, 0.15) is 23.7 Å². The lowest BCUT2D eigenvalue weighted by atomic mass is 9.99. The molecule has 0 fully saturated rings. The van der Waals surface area contributed by atoms with E-state index in [2.05, 4.69) is 35.8 Å². The van der Waals surface area contributed by atoms with Crippen LogP contribution in [-0.4, -0.2) is 37.9 Å². The summed E-state index contributed by atoms with van der Waals surface area (Å²) in [7, 11) is 0. The molecule has 2 aromatic carbocycles. The van der Waals surface area contributed by atoms with Gasteiger partial charge in [0.25, 0.3) is 5.56 Å². The van der Waals surface area contributed by atoms with Crippen LogP contribution >= 0.6 is 11.6 Å². The molecule has 0 bridgehead atoms. The Morgan fingerprint density at radius 1 is 1.08 bits per heavy atom. The van der Waals surface area contributed by atoms with Crippen molar-refractivity contribution in [3.05, 3.63) is 63.3 Å². The van der Waals surface area contributed by atoms with E-state index in [1.54, 1.807) is 39.0 Å². The van der Waals surface area contributed by atoms with Crippen molar-refractivity contribution in [2.24, 2.45) is 5.41 Å². The lowest BCUT2D eigenvalue weighted by Crippen LogP contribution is -2.32. The van der Waals surface area contributed by atoms with Crippen molar-refractivity contribution in [2.45, 2.75) is 60.1 Å². The maximum absolute atomic E-state index is 13.0. The van der Waals surface area contributed by atoms with E-state index in [1.165, 1.54) is 0 Å². The lowest BCUT2D eigenvalue weighted by Gasteiger charge is -2.19. The molecular formula is C27H31ClN4O4. The van der Waals surface area contributed by atoms with Crippen LogP contribution in [0.1, 0.15) is 53.1 Å². The van der Waals surface area contributed by atoms with Gasteiger partial charge in [-0.1, -0.05) is 50.6 Å². The number of fused-ring (bicyclic) bond motifs is 2. The fourth-order valence-electron chi connectivity index (χ4n) is 3.75. The number of nitrogens with one attached hydrogen (secondary N) is 1. The fourth-order valence-corrected chi connectivity index (χ4v) is 3.96. The van der Waals surface area contributed by atoms with Gasteiger partial charge in [0.2, 0.25) is 0 Å². The van der Waals surface area contributed by atoms with Crippen molar-refractivity contribution in [1.29, 1.82) is 0 Å². The number of aromatic nitrogens is 4. The smallest absolute Gasteiger partial charge is 0.328 e. The molecule has 0 aliphatic carbocycles. The molecule has 0 aliphatic rings. The van der Waals surface area contributed by atoms with Crippen molar-refractivity contribution < 1.29 is 14.3 Å². The van der Waals surface area contributed by atoms with Crippen LogP contribution in [0.3, 0.4) is 0 Å². The Morgan fingerprint density at radius 3 is 2.44 bits per heavy atom. The first-order valence-corrected chi connectivity index (χ1v) is 12.2. The normalized spacial score (nSPS) is 12.3. The zero-order valence-corrected chi connectivity index (χ0v) is 22.2. The molecule has 0 aliphatic heterocycles. The van der Waals surface area contributed by atoms with Crippen molar-refractivity contribution >= 4 is 39.4 Å². The summed E-state index contributed by atoms with van der Waals surface area (Å²) in [4.78, 5) is 33.4. The number of esters is 1. The van der Waals surface area contributed by atoms with E-state index in [0.717, 1.165) is 10.2 Å². The molecule has 2 aromatic heterocycles. The molecule has 8 nitrogen and oxygen atoms in total. The largest absolute Gasteiger partial charge is 0.491 e. The number of H-pyrrole nitrogens is 1. The number of rotatable bonds is 6. The highest BCUT2D eigenvalue weighted by atomic mass is 35.5. The van der Waals surface area contributed by atoms with Crippen molar-refractivity contribution in [3.63, 3.8) is 0 Å². The summed E-state index contributed by atoms with van der Waals surface area (Å²) in [5, 5.41) is 6.18. The summed E-state index contributed by atoms with van der Waals surface area (Å²) in [6.45, 7) is 11.8. The lowest BCUT2D eigenvalue weighted by molar-refractivity contribution is -0.155. The molecule has 0 spiro atoms. The summed E-state index contributed by atoms with van der Waals surface area (Å²) < 4.78 is 12.5. The molecule has 0 unspecified atom stereocenters. The van der Waals surface area contributed by atoms with Gasteiger partial charge in [0, 0.05) is 11.5 Å². The van der Waals surface area contributed by atoms with Crippen molar-refractivity contribution in [2.75, 3.05) is 6.61 Å². The minimum absolute atomic E-state index is 0.00738. The Bertz CT molecular complexity index is 1490. The first-order chi connectivity index (χ1) is 16.8. The van der Waals surface area contributed by atoms with Crippen LogP contribution in [0, 0.1) is 5.41 Å². The highest BCUT2D eigenvalue weighted by Gasteiger charge is 2.20. The summed E-state index contributed by atoms with van der Waals surface area (Å²) >= 11 is 6.44. The average Bonchev–Trinajstić information content (AvgIpc) is 3.14. The Balaban J connectivity index is 1.68. The number of carbonyl (C=O) groups excluding carboxylic acids is 1. The predicted octanol–water partition coefficient (Wildman–Crippen LogP) is 5.28. The molecule has 0 saturated carbocycles. The monoisotopic (exact) mass is 510 g/mol. The first kappa shape index (κ1) is 25.7. The molecule has 2 heterocycles. The molecule has 1 N–H and O–H groups in total. The third-order valence-corrected chi connectivity index (χ3v) is 5.52. The van der Waals surface area contributed by atoms with Gasteiger partial charge in [0.15, 0.2) is 0 Å². The molecule has 190 valence electrons. The van der Waals surface area contributed by atoms with Crippen LogP contribution in [-0.2, 0) is 22.5 Å². The third-order valence-electron chi connectivity index (χ3n) is 5.22. The number of imidazole rings is 1. The fraction of sp³-hybridized carbons (Fsp3) is 0.407. The number of ether oxygens (including phenoxy) is 2. The van der Waals surface area contributed by atoms with Gasteiger partial charge in [-0.3, -0.25) is 9.59 Å². The van der Waals surface area contributed by atoms with Gasteiger partial charge in [0.05, 0.1) is 40.2 Å². The Hall–Kier alpha value is -3.39. The average molecular weight is 511 g/mol. The summed E-state index contributed by atoms with van der Waals surface area (Å²) in [6.07, 6.45) is 0.319. The van der Waals surface area contributed by atoms with E-state index in [4.69, 9.17) is 21.1 Å². The van der Waals surface area contributed by atoms with Crippen LogP contribution in [0.2, 0.25) is 5.02 Å². The predicted molar refractivity (Wildman–Crippen MR) is 141 cm³/mol. The molecule has 0 amide bonds. The van der Waals surface area contributed by atoms with Gasteiger partial charge < -0.3 is 14.5 Å². The van der Waals surface area contributed by atoms with Crippen LogP contribution in [0.15, 0.2) is 41.2 Å². The second kappa shape index (κ2) is 9.58. The van der Waals surface area contributed by atoms with E-state index in [0.29, 0.717) is 51.6 Å². The number of halogens is 1. The second-order valence-electron chi connectivity index (χ2n) is 11.1. The Kier molecular flexibility index (Phi) is 6.84. The summed E-state index contributed by atoms with van der Waals surface area (Å²) in [5.41, 5.74) is 1.08. The third kappa shape index (κ3) is 6.05. The zero-order valence-electron chi connectivity index (χ0n) is 21.4. The molecule has 0 saturated heterocycles. The summed E-state index contributed by atoms with van der Waals surface area (Å²) in [6, 6.07) is 10.8. The maximum atomic E-state index is 13.0. The van der Waals surface area contributed by atoms with Gasteiger partial charge in [-0.05, 0) is 38.3 Å². The van der Waals surface area contributed by atoms with Crippen LogP contribution in [0.5, 0.6) is 5.75 Å². The number of hydrogen-bond donors (Lipinski definition) is 1.